The van der Waals surface area contributed by atoms with Crippen LogP contribution in [0.1, 0.15) is 60.4 Å². The number of halogens is 1. The summed E-state index contributed by atoms with van der Waals surface area (Å²) in [6.07, 6.45) is 4.62. The summed E-state index contributed by atoms with van der Waals surface area (Å²) in [4.78, 5) is 33.2. The number of hydrogen-bond donors (Lipinski definition) is 1. The molecule has 1 saturated carbocycles. The van der Waals surface area contributed by atoms with Crippen molar-refractivity contribution in [2.24, 2.45) is 0 Å². The van der Waals surface area contributed by atoms with Gasteiger partial charge in [-0.05, 0) is 77.5 Å². The zero-order valence-corrected chi connectivity index (χ0v) is 24.7. The van der Waals surface area contributed by atoms with Gasteiger partial charge in [0.15, 0.2) is 0 Å². The average molecular weight is 568 g/mol. The molecule has 2 heterocycles. The largest absolute Gasteiger partial charge is 0.492 e. The van der Waals surface area contributed by atoms with Gasteiger partial charge in [-0.25, -0.2) is 14.5 Å². The molecule has 1 aromatic carbocycles. The predicted octanol–water partition coefficient (Wildman–Crippen LogP) is 5.14. The number of carbonyl (C=O) groups excluding carboxylic acids is 2. The number of nitrogens with one attached hydrogen (secondary N) is 1. The first kappa shape index (κ1) is 29.6. The van der Waals surface area contributed by atoms with E-state index in [9.17, 15) is 9.59 Å². The monoisotopic (exact) mass is 567 g/mol. The number of methoxy groups -OCH3 is 1. The Kier molecular flexibility index (Phi) is 9.48. The molecule has 10 heteroatoms. The van der Waals surface area contributed by atoms with Crippen molar-refractivity contribution < 1.29 is 19.1 Å². The minimum atomic E-state index is -1.05. The van der Waals surface area contributed by atoms with Gasteiger partial charge in [-0.3, -0.25) is 4.79 Å². The summed E-state index contributed by atoms with van der Waals surface area (Å²) in [7, 11) is 5.39. The van der Waals surface area contributed by atoms with E-state index in [1.165, 1.54) is 7.11 Å². The number of esters is 1. The van der Waals surface area contributed by atoms with Gasteiger partial charge in [0.25, 0.3) is 5.91 Å². The van der Waals surface area contributed by atoms with Crippen LogP contribution in [0.25, 0.3) is 16.9 Å². The van der Waals surface area contributed by atoms with Crippen LogP contribution >= 0.6 is 11.6 Å². The molecule has 0 radical (unpaired) electrons. The normalized spacial score (nSPS) is 14.7. The summed E-state index contributed by atoms with van der Waals surface area (Å²) >= 11 is 6.48. The maximum Gasteiger partial charge on any atom is 0.331 e. The van der Waals surface area contributed by atoms with Gasteiger partial charge >= 0.3 is 5.97 Å². The number of rotatable bonds is 10. The van der Waals surface area contributed by atoms with E-state index in [4.69, 9.17) is 26.1 Å². The van der Waals surface area contributed by atoms with E-state index in [1.807, 2.05) is 56.9 Å². The molecule has 1 amide bonds. The first-order valence-electron chi connectivity index (χ1n) is 13.7. The second-order valence-electron chi connectivity index (χ2n) is 10.6. The third-order valence-corrected chi connectivity index (χ3v) is 7.50. The van der Waals surface area contributed by atoms with Crippen molar-refractivity contribution in [1.29, 1.82) is 0 Å². The molecule has 3 aromatic rings. The van der Waals surface area contributed by atoms with Crippen molar-refractivity contribution in [2.75, 3.05) is 34.4 Å². The molecule has 0 spiro atoms. The quantitative estimate of drug-likeness (QED) is 0.267. The van der Waals surface area contributed by atoms with Gasteiger partial charge < -0.3 is 19.7 Å². The fraction of sp³-hybridized carbons (Fsp3) is 0.467. The maximum atomic E-state index is 13.5. The van der Waals surface area contributed by atoms with E-state index in [-0.39, 0.29) is 5.69 Å². The van der Waals surface area contributed by atoms with Crippen molar-refractivity contribution in [3.05, 3.63) is 58.5 Å². The number of benzene rings is 1. The van der Waals surface area contributed by atoms with Crippen molar-refractivity contribution in [2.45, 2.75) is 57.9 Å². The Balaban J connectivity index is 1.73. The van der Waals surface area contributed by atoms with Gasteiger partial charge in [0.1, 0.15) is 17.0 Å². The molecule has 1 aliphatic rings. The number of aryl methyl sites for hydroxylation is 2. The molecule has 40 heavy (non-hydrogen) atoms. The molecule has 0 saturated heterocycles. The molecule has 2 aromatic heterocycles. The van der Waals surface area contributed by atoms with E-state index in [0.29, 0.717) is 41.6 Å². The highest BCUT2D eigenvalue weighted by Crippen LogP contribution is 2.34. The van der Waals surface area contributed by atoms with Crippen molar-refractivity contribution in [3.8, 4) is 22.7 Å². The van der Waals surface area contributed by atoms with E-state index >= 15 is 0 Å². The first-order valence-corrected chi connectivity index (χ1v) is 14.0. The summed E-state index contributed by atoms with van der Waals surface area (Å²) in [5.74, 6) is -0.308. The van der Waals surface area contributed by atoms with E-state index in [2.05, 4.69) is 15.3 Å². The molecule has 214 valence electrons. The van der Waals surface area contributed by atoms with Gasteiger partial charge in [-0.2, -0.15) is 5.10 Å². The van der Waals surface area contributed by atoms with Crippen LogP contribution in [-0.4, -0.2) is 71.4 Å². The molecule has 9 nitrogen and oxygen atoms in total. The van der Waals surface area contributed by atoms with Crippen LogP contribution in [-0.2, 0) is 9.53 Å². The highest BCUT2D eigenvalue weighted by atomic mass is 35.5. The van der Waals surface area contributed by atoms with Gasteiger partial charge in [0, 0.05) is 17.8 Å². The minimum Gasteiger partial charge on any atom is -0.492 e. The lowest BCUT2D eigenvalue weighted by atomic mass is 9.81. The number of pyridine rings is 1. The number of carbonyl (C=O) groups is 2. The lowest BCUT2D eigenvalue weighted by molar-refractivity contribution is -0.149. The van der Waals surface area contributed by atoms with Crippen molar-refractivity contribution in [1.82, 2.24) is 25.0 Å². The zero-order chi connectivity index (χ0) is 28.9. The second-order valence-corrected chi connectivity index (χ2v) is 11.0. The molecule has 1 fully saturated rings. The SMILES string of the molecule is COC(=O)C1(NC(=O)c2ccc(-n3nc(C)cc3C)c(-c3ccc(Cl)c(OCCCN(C)C)c3)n2)CCCCC1. The zero-order valence-electron chi connectivity index (χ0n) is 23.9. The fourth-order valence-electron chi connectivity index (χ4n) is 5.17. The Morgan fingerprint density at radius 2 is 1.85 bits per heavy atom. The van der Waals surface area contributed by atoms with Crippen LogP contribution < -0.4 is 10.1 Å². The van der Waals surface area contributed by atoms with Crippen LogP contribution in [0.2, 0.25) is 5.02 Å². The van der Waals surface area contributed by atoms with Crippen LogP contribution in [0.4, 0.5) is 0 Å². The highest BCUT2D eigenvalue weighted by molar-refractivity contribution is 6.32. The van der Waals surface area contributed by atoms with E-state index < -0.39 is 17.4 Å². The molecular weight excluding hydrogens is 530 g/mol. The van der Waals surface area contributed by atoms with Crippen molar-refractivity contribution in [3.63, 3.8) is 0 Å². The van der Waals surface area contributed by atoms with Gasteiger partial charge in [-0.15, -0.1) is 0 Å². The standard InChI is InChI=1S/C30H38ClN5O4/c1-20-18-21(2)36(34-20)25-13-12-24(28(37)33-30(29(38)39-5)14-7-6-8-15-30)32-27(25)22-10-11-23(31)26(19-22)40-17-9-16-35(3)4/h10-13,18-19H,6-9,14-17H2,1-5H3,(H,33,37). The molecule has 4 rings (SSSR count). The Bertz CT molecular complexity index is 1360. The van der Waals surface area contributed by atoms with Gasteiger partial charge in [-0.1, -0.05) is 36.9 Å². The number of hydrogen-bond acceptors (Lipinski definition) is 7. The summed E-state index contributed by atoms with van der Waals surface area (Å²) in [6, 6.07) is 10.9. The van der Waals surface area contributed by atoms with Crippen molar-refractivity contribution >= 4 is 23.5 Å². The molecule has 0 unspecified atom stereocenters. The first-order chi connectivity index (χ1) is 19.1. The number of amides is 1. The summed E-state index contributed by atoms with van der Waals surface area (Å²) < 4.78 is 12.9. The smallest absolute Gasteiger partial charge is 0.331 e. The number of nitrogens with zero attached hydrogens (tertiary/aromatic N) is 4. The predicted molar refractivity (Wildman–Crippen MR) is 155 cm³/mol. The number of ether oxygens (including phenoxy) is 2. The molecule has 0 atom stereocenters. The summed E-state index contributed by atoms with van der Waals surface area (Å²) in [6.45, 7) is 5.30. The van der Waals surface area contributed by atoms with E-state index in [1.54, 1.807) is 12.1 Å². The molecule has 0 bridgehead atoms. The summed E-state index contributed by atoms with van der Waals surface area (Å²) in [5.41, 5.74) is 2.92. The average Bonchev–Trinajstić information content (AvgIpc) is 3.28. The Labute approximate surface area is 240 Å². The lowest BCUT2D eigenvalue weighted by Gasteiger charge is -2.35. The van der Waals surface area contributed by atoms with Gasteiger partial charge in [0.2, 0.25) is 0 Å². The fourth-order valence-corrected chi connectivity index (χ4v) is 5.34. The Hall–Kier alpha value is -3.43. The molecule has 1 N–H and O–H groups in total. The maximum absolute atomic E-state index is 13.5. The second kappa shape index (κ2) is 12.8. The highest BCUT2D eigenvalue weighted by Gasteiger charge is 2.42. The topological polar surface area (TPSA) is 98.6 Å². The summed E-state index contributed by atoms with van der Waals surface area (Å²) in [5, 5.41) is 8.11. The van der Waals surface area contributed by atoms with Crippen LogP contribution in [0, 0.1) is 13.8 Å². The molecule has 1 aliphatic carbocycles. The third kappa shape index (κ3) is 6.64. The molecule has 0 aliphatic heterocycles. The number of aromatic nitrogens is 3. The third-order valence-electron chi connectivity index (χ3n) is 7.19. The van der Waals surface area contributed by atoms with Crippen LogP contribution in [0.15, 0.2) is 36.4 Å². The van der Waals surface area contributed by atoms with E-state index in [0.717, 1.165) is 49.2 Å². The van der Waals surface area contributed by atoms with Crippen LogP contribution in [0.5, 0.6) is 5.75 Å². The molecular formula is C30H38ClN5O4. The van der Waals surface area contributed by atoms with Gasteiger partial charge in [0.05, 0.1) is 35.8 Å². The Morgan fingerprint density at radius 3 is 2.50 bits per heavy atom. The lowest BCUT2D eigenvalue weighted by Crippen LogP contribution is -2.56. The minimum absolute atomic E-state index is 0.192. The van der Waals surface area contributed by atoms with Crippen LogP contribution in [0.3, 0.4) is 0 Å². The Morgan fingerprint density at radius 1 is 1.10 bits per heavy atom.